The first-order valence-corrected chi connectivity index (χ1v) is 10.7. The monoisotopic (exact) mass is 472 g/mol. The van der Waals surface area contributed by atoms with Gasteiger partial charge >= 0.3 is 0 Å². The Morgan fingerprint density at radius 2 is 1.74 bits per heavy atom. The van der Waals surface area contributed by atoms with Crippen LogP contribution in [-0.4, -0.2) is 12.9 Å². The molecule has 0 saturated heterocycles. The van der Waals surface area contributed by atoms with Crippen molar-refractivity contribution in [2.45, 2.75) is 6.61 Å². The molecule has 31 heavy (non-hydrogen) atoms. The summed E-state index contributed by atoms with van der Waals surface area (Å²) in [5.74, 6) is 1.49. The molecule has 3 nitrogen and oxygen atoms in total. The quantitative estimate of drug-likeness (QED) is 0.212. The minimum atomic E-state index is -0.0499. The second-order valence-electron chi connectivity index (χ2n) is 7.08. The Balaban J connectivity index is 1.50. The van der Waals surface area contributed by atoms with E-state index in [0.29, 0.717) is 12.2 Å². The number of ether oxygens (including phenoxy) is 2. The first kappa shape index (κ1) is 20.9. The second-order valence-corrected chi connectivity index (χ2v) is 7.99. The van der Waals surface area contributed by atoms with E-state index >= 15 is 0 Å². The van der Waals surface area contributed by atoms with Gasteiger partial charge < -0.3 is 9.47 Å². The average molecular weight is 473 g/mol. The molecule has 0 aliphatic carbocycles. The largest absolute Gasteiger partial charge is 0.496 e. The van der Waals surface area contributed by atoms with E-state index in [-0.39, 0.29) is 5.78 Å². The zero-order valence-corrected chi connectivity index (χ0v) is 18.6. The van der Waals surface area contributed by atoms with E-state index in [4.69, 9.17) is 9.47 Å². The number of fused-ring (bicyclic) bond motifs is 1. The molecule has 0 amide bonds. The molecule has 4 aromatic rings. The van der Waals surface area contributed by atoms with E-state index in [1.807, 2.05) is 66.7 Å². The van der Waals surface area contributed by atoms with Crippen molar-refractivity contribution >= 4 is 38.6 Å². The molecule has 4 rings (SSSR count). The number of hydrogen-bond donors (Lipinski definition) is 0. The lowest BCUT2D eigenvalue weighted by molar-refractivity contribution is 0.104. The number of halogens is 1. The SMILES string of the molecule is COc1ccc(/C=C/C(=O)c2cccc(Br)c2)cc1COc1ccc2ccccc2c1. The van der Waals surface area contributed by atoms with Gasteiger partial charge in [0.05, 0.1) is 7.11 Å². The number of carbonyl (C=O) groups excluding carboxylic acids is 1. The highest BCUT2D eigenvalue weighted by Gasteiger charge is 2.07. The van der Waals surface area contributed by atoms with Crippen LogP contribution in [0.25, 0.3) is 16.8 Å². The van der Waals surface area contributed by atoms with E-state index in [1.54, 1.807) is 19.3 Å². The maximum atomic E-state index is 12.4. The topological polar surface area (TPSA) is 35.5 Å². The molecular formula is C27H21BrO3. The highest BCUT2D eigenvalue weighted by Crippen LogP contribution is 2.25. The van der Waals surface area contributed by atoms with Crippen molar-refractivity contribution in [3.05, 3.63) is 112 Å². The molecule has 0 aliphatic heterocycles. The van der Waals surface area contributed by atoms with Gasteiger partial charge in [-0.25, -0.2) is 0 Å². The maximum absolute atomic E-state index is 12.4. The molecule has 0 saturated carbocycles. The van der Waals surface area contributed by atoms with Crippen molar-refractivity contribution in [1.29, 1.82) is 0 Å². The van der Waals surface area contributed by atoms with Crippen LogP contribution in [-0.2, 0) is 6.61 Å². The van der Waals surface area contributed by atoms with Crippen molar-refractivity contribution in [2.24, 2.45) is 0 Å². The van der Waals surface area contributed by atoms with Crippen LogP contribution in [0.1, 0.15) is 21.5 Å². The highest BCUT2D eigenvalue weighted by molar-refractivity contribution is 9.10. The Kier molecular flexibility index (Phi) is 6.48. The zero-order valence-electron chi connectivity index (χ0n) is 17.0. The zero-order chi connectivity index (χ0) is 21.6. The van der Waals surface area contributed by atoms with Gasteiger partial charge in [-0.3, -0.25) is 4.79 Å². The van der Waals surface area contributed by atoms with Gasteiger partial charge in [0.2, 0.25) is 0 Å². The Hall–Kier alpha value is -3.37. The molecule has 0 aromatic heterocycles. The summed E-state index contributed by atoms with van der Waals surface area (Å²) in [5, 5.41) is 2.31. The van der Waals surface area contributed by atoms with Crippen molar-refractivity contribution in [3.8, 4) is 11.5 Å². The lowest BCUT2D eigenvalue weighted by Crippen LogP contribution is -1.99. The molecule has 0 aliphatic rings. The number of allylic oxidation sites excluding steroid dienone is 1. The van der Waals surface area contributed by atoms with E-state index in [9.17, 15) is 4.79 Å². The van der Waals surface area contributed by atoms with Crippen molar-refractivity contribution in [2.75, 3.05) is 7.11 Å². The number of benzene rings is 4. The first-order valence-electron chi connectivity index (χ1n) is 9.89. The summed E-state index contributed by atoms with van der Waals surface area (Å²) in [4.78, 5) is 12.4. The van der Waals surface area contributed by atoms with Crippen molar-refractivity contribution in [1.82, 2.24) is 0 Å². The summed E-state index contributed by atoms with van der Waals surface area (Å²) in [7, 11) is 1.64. The van der Waals surface area contributed by atoms with Crippen LogP contribution in [0.5, 0.6) is 11.5 Å². The van der Waals surface area contributed by atoms with E-state index in [0.717, 1.165) is 32.5 Å². The van der Waals surface area contributed by atoms with Gasteiger partial charge in [-0.1, -0.05) is 70.5 Å². The van der Waals surface area contributed by atoms with Crippen molar-refractivity contribution in [3.63, 3.8) is 0 Å². The van der Waals surface area contributed by atoms with Gasteiger partial charge in [-0.2, -0.15) is 0 Å². The van der Waals surface area contributed by atoms with Crippen LogP contribution < -0.4 is 9.47 Å². The lowest BCUT2D eigenvalue weighted by atomic mass is 10.1. The molecular weight excluding hydrogens is 452 g/mol. The predicted molar refractivity (Wildman–Crippen MR) is 129 cm³/mol. The number of hydrogen-bond acceptors (Lipinski definition) is 3. The predicted octanol–water partition coefficient (Wildman–Crippen LogP) is 7.09. The van der Waals surface area contributed by atoms with Gasteiger partial charge in [0, 0.05) is 15.6 Å². The van der Waals surface area contributed by atoms with Crippen LogP contribution in [0.15, 0.2) is 95.5 Å². The summed E-state index contributed by atoms with van der Waals surface area (Å²) in [6, 6.07) is 27.4. The average Bonchev–Trinajstić information content (AvgIpc) is 2.81. The Bertz CT molecular complexity index is 1260. The minimum absolute atomic E-state index is 0.0499. The summed E-state index contributed by atoms with van der Waals surface area (Å²) in [6.45, 7) is 0.364. The van der Waals surface area contributed by atoms with Crippen LogP contribution in [0, 0.1) is 0 Å². The van der Waals surface area contributed by atoms with Crippen LogP contribution in [0.3, 0.4) is 0 Å². The van der Waals surface area contributed by atoms with Crippen molar-refractivity contribution < 1.29 is 14.3 Å². The van der Waals surface area contributed by atoms with Gasteiger partial charge in [0.1, 0.15) is 18.1 Å². The first-order chi connectivity index (χ1) is 15.1. The van der Waals surface area contributed by atoms with Gasteiger partial charge in [0.25, 0.3) is 0 Å². The summed E-state index contributed by atoms with van der Waals surface area (Å²) >= 11 is 3.40. The normalized spacial score (nSPS) is 11.0. The molecule has 0 fully saturated rings. The van der Waals surface area contributed by atoms with Crippen LogP contribution >= 0.6 is 15.9 Å². The molecule has 154 valence electrons. The number of rotatable bonds is 7. The Morgan fingerprint density at radius 1 is 0.903 bits per heavy atom. The third kappa shape index (κ3) is 5.22. The number of carbonyl (C=O) groups is 1. The molecule has 4 aromatic carbocycles. The van der Waals surface area contributed by atoms with E-state index in [1.165, 1.54) is 5.39 Å². The summed E-state index contributed by atoms with van der Waals surface area (Å²) < 4.78 is 12.4. The molecule has 4 heteroatoms. The fraction of sp³-hybridized carbons (Fsp3) is 0.0741. The van der Waals surface area contributed by atoms with E-state index in [2.05, 4.69) is 34.1 Å². The smallest absolute Gasteiger partial charge is 0.185 e. The molecule has 0 atom stereocenters. The minimum Gasteiger partial charge on any atom is -0.496 e. The number of methoxy groups -OCH3 is 1. The van der Waals surface area contributed by atoms with Gasteiger partial charge in [0.15, 0.2) is 5.78 Å². The van der Waals surface area contributed by atoms with Gasteiger partial charge in [-0.15, -0.1) is 0 Å². The molecule has 0 radical (unpaired) electrons. The fourth-order valence-corrected chi connectivity index (χ4v) is 3.74. The van der Waals surface area contributed by atoms with Gasteiger partial charge in [-0.05, 0) is 58.8 Å². The maximum Gasteiger partial charge on any atom is 0.185 e. The number of ketones is 1. The standard InChI is InChI=1S/C27H21BrO3/c1-30-27-14-10-19(9-13-26(29)22-7-4-8-24(28)16-22)15-23(27)18-31-25-12-11-20-5-2-3-6-21(20)17-25/h2-17H,18H2,1H3/b13-9+. The fourth-order valence-electron chi connectivity index (χ4n) is 3.34. The van der Waals surface area contributed by atoms with Crippen LogP contribution in [0.4, 0.5) is 0 Å². The van der Waals surface area contributed by atoms with Crippen LogP contribution in [0.2, 0.25) is 0 Å². The Morgan fingerprint density at radius 3 is 2.55 bits per heavy atom. The van der Waals surface area contributed by atoms with E-state index < -0.39 is 0 Å². The highest BCUT2D eigenvalue weighted by atomic mass is 79.9. The molecule has 0 unspecified atom stereocenters. The summed E-state index contributed by atoms with van der Waals surface area (Å²) in [6.07, 6.45) is 3.39. The molecule has 0 bridgehead atoms. The third-order valence-electron chi connectivity index (χ3n) is 4.96. The molecule has 0 N–H and O–H groups in total. The molecule has 0 spiro atoms. The third-order valence-corrected chi connectivity index (χ3v) is 5.45. The molecule has 0 heterocycles. The second kappa shape index (κ2) is 9.63. The summed E-state index contributed by atoms with van der Waals surface area (Å²) in [5.41, 5.74) is 2.45. The Labute approximate surface area is 190 Å². The lowest BCUT2D eigenvalue weighted by Gasteiger charge is -2.12.